The lowest BCUT2D eigenvalue weighted by atomic mass is 10.1. The number of nitrogens with one attached hydrogen (secondary N) is 1. The van der Waals surface area contributed by atoms with E-state index in [1.54, 1.807) is 12.1 Å². The summed E-state index contributed by atoms with van der Waals surface area (Å²) in [5.41, 5.74) is 2.62. The highest BCUT2D eigenvalue weighted by Crippen LogP contribution is 2.38. The van der Waals surface area contributed by atoms with E-state index in [1.807, 2.05) is 36.4 Å². The van der Waals surface area contributed by atoms with Gasteiger partial charge in [0, 0.05) is 43.0 Å². The molecular formula is C25H29N5O4. The Balaban J connectivity index is 1.50. The zero-order chi connectivity index (χ0) is 24.1. The third-order valence-electron chi connectivity index (χ3n) is 5.82. The van der Waals surface area contributed by atoms with E-state index >= 15 is 0 Å². The number of rotatable bonds is 7. The maximum absolute atomic E-state index is 12.9. The van der Waals surface area contributed by atoms with Crippen molar-refractivity contribution in [2.45, 2.75) is 0 Å². The molecule has 3 aromatic rings. The lowest BCUT2D eigenvalue weighted by molar-refractivity contribution is 0.102. The Morgan fingerprint density at radius 2 is 1.59 bits per heavy atom. The minimum absolute atomic E-state index is 0.298. The van der Waals surface area contributed by atoms with Crippen LogP contribution >= 0.6 is 0 Å². The second-order valence-corrected chi connectivity index (χ2v) is 8.02. The summed E-state index contributed by atoms with van der Waals surface area (Å²) in [7, 11) is 6.67. The Morgan fingerprint density at radius 3 is 2.18 bits per heavy atom. The second kappa shape index (κ2) is 10.4. The predicted molar refractivity (Wildman–Crippen MR) is 131 cm³/mol. The topological polar surface area (TPSA) is 89.1 Å². The van der Waals surface area contributed by atoms with Gasteiger partial charge in [0.15, 0.2) is 17.3 Å². The number of hydrogen-bond acceptors (Lipinski definition) is 8. The number of benzene rings is 2. The van der Waals surface area contributed by atoms with Gasteiger partial charge in [0.1, 0.15) is 0 Å². The first-order valence-electron chi connectivity index (χ1n) is 11.0. The molecule has 1 aromatic heterocycles. The molecule has 178 valence electrons. The molecule has 34 heavy (non-hydrogen) atoms. The van der Waals surface area contributed by atoms with Crippen LogP contribution in [0.15, 0.2) is 48.5 Å². The molecule has 1 aliphatic rings. The summed E-state index contributed by atoms with van der Waals surface area (Å²) < 4.78 is 16.0. The van der Waals surface area contributed by atoms with Crippen molar-refractivity contribution in [1.29, 1.82) is 0 Å². The number of amides is 1. The molecule has 0 spiro atoms. The van der Waals surface area contributed by atoms with Crippen molar-refractivity contribution in [3.05, 3.63) is 54.1 Å². The third-order valence-corrected chi connectivity index (χ3v) is 5.82. The van der Waals surface area contributed by atoms with Crippen LogP contribution in [0.1, 0.15) is 10.4 Å². The smallest absolute Gasteiger partial charge is 0.255 e. The average Bonchev–Trinajstić information content (AvgIpc) is 2.88. The third kappa shape index (κ3) is 5.04. The Bertz CT molecular complexity index is 1120. The monoisotopic (exact) mass is 463 g/mol. The van der Waals surface area contributed by atoms with Crippen LogP contribution in [0.25, 0.3) is 11.3 Å². The summed E-state index contributed by atoms with van der Waals surface area (Å²) in [5.74, 6) is 1.84. The number of anilines is 2. The zero-order valence-electron chi connectivity index (χ0n) is 19.9. The number of aromatic nitrogens is 2. The molecular weight excluding hydrogens is 434 g/mol. The second-order valence-electron chi connectivity index (χ2n) is 8.02. The highest BCUT2D eigenvalue weighted by Gasteiger charge is 2.18. The molecule has 0 atom stereocenters. The van der Waals surface area contributed by atoms with Gasteiger partial charge in [-0.3, -0.25) is 4.79 Å². The molecule has 0 unspecified atom stereocenters. The number of likely N-dealkylation sites (N-methyl/N-ethyl adjacent to an activating group) is 1. The normalized spacial score (nSPS) is 13.9. The molecule has 4 rings (SSSR count). The molecule has 9 nitrogen and oxygen atoms in total. The van der Waals surface area contributed by atoms with Crippen LogP contribution in [0.2, 0.25) is 0 Å². The van der Waals surface area contributed by atoms with Gasteiger partial charge in [-0.05, 0) is 43.4 Å². The molecule has 1 fully saturated rings. The van der Waals surface area contributed by atoms with Crippen LogP contribution in [-0.2, 0) is 0 Å². The van der Waals surface area contributed by atoms with Crippen LogP contribution in [0.5, 0.6) is 17.2 Å². The standard InChI is InChI=1S/C25H29N5O4/c1-29-10-12-30(13-11-29)23-9-8-20(27-28-23)17-6-5-7-19(14-17)26-25(31)18-15-21(32-2)24(34-4)22(16-18)33-3/h5-9,14-16H,10-13H2,1-4H3,(H,26,31). The molecule has 1 N–H and O–H groups in total. The molecule has 2 aromatic carbocycles. The fourth-order valence-corrected chi connectivity index (χ4v) is 3.86. The lowest BCUT2D eigenvalue weighted by Gasteiger charge is -2.32. The number of piperazine rings is 1. The van der Waals surface area contributed by atoms with E-state index in [2.05, 4.69) is 32.4 Å². The van der Waals surface area contributed by atoms with Gasteiger partial charge in [-0.1, -0.05) is 12.1 Å². The summed E-state index contributed by atoms with van der Waals surface area (Å²) in [5, 5.41) is 11.8. The molecule has 0 saturated carbocycles. The van der Waals surface area contributed by atoms with E-state index in [1.165, 1.54) is 21.3 Å². The molecule has 1 saturated heterocycles. The predicted octanol–water partition coefficient (Wildman–Crippen LogP) is 3.17. The molecule has 2 heterocycles. The van der Waals surface area contributed by atoms with Gasteiger partial charge in [0.2, 0.25) is 5.75 Å². The largest absolute Gasteiger partial charge is 0.493 e. The summed E-state index contributed by atoms with van der Waals surface area (Å²) in [6.07, 6.45) is 0. The van der Waals surface area contributed by atoms with E-state index in [4.69, 9.17) is 14.2 Å². The minimum atomic E-state index is -0.298. The molecule has 0 aliphatic carbocycles. The zero-order valence-corrected chi connectivity index (χ0v) is 19.9. The highest BCUT2D eigenvalue weighted by molar-refractivity contribution is 6.05. The van der Waals surface area contributed by atoms with Crippen LogP contribution in [0.3, 0.4) is 0 Å². The van der Waals surface area contributed by atoms with Gasteiger partial charge in [-0.15, -0.1) is 10.2 Å². The summed E-state index contributed by atoms with van der Waals surface area (Å²) >= 11 is 0. The van der Waals surface area contributed by atoms with E-state index in [9.17, 15) is 4.79 Å². The van der Waals surface area contributed by atoms with E-state index < -0.39 is 0 Å². The maximum Gasteiger partial charge on any atom is 0.255 e. The maximum atomic E-state index is 12.9. The molecule has 0 bridgehead atoms. The van der Waals surface area contributed by atoms with Crippen molar-refractivity contribution in [3.63, 3.8) is 0 Å². The number of carbonyl (C=O) groups is 1. The quantitative estimate of drug-likeness (QED) is 0.572. The van der Waals surface area contributed by atoms with Gasteiger partial charge in [-0.2, -0.15) is 0 Å². The SMILES string of the molecule is COc1cc(C(=O)Nc2cccc(-c3ccc(N4CCN(C)CC4)nn3)c2)cc(OC)c1OC. The minimum Gasteiger partial charge on any atom is -0.493 e. The van der Waals surface area contributed by atoms with Crippen molar-refractivity contribution < 1.29 is 19.0 Å². The Morgan fingerprint density at radius 1 is 0.882 bits per heavy atom. The first-order valence-corrected chi connectivity index (χ1v) is 11.0. The van der Waals surface area contributed by atoms with Crippen LogP contribution in [0.4, 0.5) is 11.5 Å². The molecule has 1 amide bonds. The fourth-order valence-electron chi connectivity index (χ4n) is 3.86. The van der Waals surface area contributed by atoms with Crippen molar-refractivity contribution in [2.75, 3.05) is 64.8 Å². The molecule has 0 radical (unpaired) electrons. The van der Waals surface area contributed by atoms with Crippen LogP contribution < -0.4 is 24.4 Å². The number of ether oxygens (including phenoxy) is 3. The van der Waals surface area contributed by atoms with Gasteiger partial charge in [-0.25, -0.2) is 0 Å². The van der Waals surface area contributed by atoms with Gasteiger partial charge in [0.05, 0.1) is 27.0 Å². The average molecular weight is 464 g/mol. The Kier molecular flexibility index (Phi) is 7.12. The first kappa shape index (κ1) is 23.3. The van der Waals surface area contributed by atoms with Gasteiger partial charge < -0.3 is 29.3 Å². The van der Waals surface area contributed by atoms with E-state index in [-0.39, 0.29) is 5.91 Å². The highest BCUT2D eigenvalue weighted by atomic mass is 16.5. The summed E-state index contributed by atoms with van der Waals surface area (Å²) in [4.78, 5) is 17.5. The van der Waals surface area contributed by atoms with E-state index in [0.29, 0.717) is 28.5 Å². The number of nitrogens with zero attached hydrogens (tertiary/aromatic N) is 4. The van der Waals surface area contributed by atoms with Gasteiger partial charge >= 0.3 is 0 Å². The first-order chi connectivity index (χ1) is 16.5. The number of methoxy groups -OCH3 is 3. The van der Waals surface area contributed by atoms with Crippen molar-refractivity contribution in [3.8, 4) is 28.5 Å². The number of hydrogen-bond donors (Lipinski definition) is 1. The van der Waals surface area contributed by atoms with Crippen molar-refractivity contribution in [1.82, 2.24) is 15.1 Å². The lowest BCUT2D eigenvalue weighted by Crippen LogP contribution is -2.44. The summed E-state index contributed by atoms with van der Waals surface area (Å²) in [6, 6.07) is 14.7. The molecule has 9 heteroatoms. The summed E-state index contributed by atoms with van der Waals surface area (Å²) in [6.45, 7) is 3.90. The van der Waals surface area contributed by atoms with Crippen molar-refractivity contribution in [2.24, 2.45) is 0 Å². The van der Waals surface area contributed by atoms with Crippen molar-refractivity contribution >= 4 is 17.4 Å². The Hall–Kier alpha value is -3.85. The fraction of sp³-hybridized carbons (Fsp3) is 0.320. The van der Waals surface area contributed by atoms with Gasteiger partial charge in [0.25, 0.3) is 5.91 Å². The number of carbonyl (C=O) groups excluding carboxylic acids is 1. The Labute approximate surface area is 199 Å². The van der Waals surface area contributed by atoms with Crippen LogP contribution in [0, 0.1) is 0 Å². The van der Waals surface area contributed by atoms with E-state index in [0.717, 1.165) is 43.3 Å². The van der Waals surface area contributed by atoms with Crippen LogP contribution in [-0.4, -0.2) is 75.6 Å². The molecule has 1 aliphatic heterocycles.